The largest absolute Gasteiger partial charge is 0.350 e. The lowest BCUT2D eigenvalue weighted by molar-refractivity contribution is -0.141. The number of carbonyl (C=O) groups excluding carboxylic acids is 2. The molecule has 3 N–H and O–H groups in total. The van der Waals surface area contributed by atoms with Crippen molar-refractivity contribution in [2.45, 2.75) is 50.4 Å². The molecule has 4 atom stereocenters. The van der Waals surface area contributed by atoms with E-state index in [-0.39, 0.29) is 41.8 Å². The van der Waals surface area contributed by atoms with Crippen molar-refractivity contribution in [3.63, 3.8) is 0 Å². The Bertz CT molecular complexity index is 1190. The number of nitrogens with one attached hydrogen (secondary N) is 1. The van der Waals surface area contributed by atoms with Gasteiger partial charge < -0.3 is 16.0 Å². The van der Waals surface area contributed by atoms with Crippen LogP contribution in [-0.2, 0) is 26.0 Å². The third-order valence-corrected chi connectivity index (χ3v) is 9.09. The van der Waals surface area contributed by atoms with E-state index in [1.54, 1.807) is 23.1 Å². The van der Waals surface area contributed by atoms with Gasteiger partial charge in [0, 0.05) is 17.6 Å². The van der Waals surface area contributed by atoms with E-state index in [9.17, 15) is 18.0 Å². The first-order chi connectivity index (χ1) is 16.2. The molecule has 3 heterocycles. The Balaban J connectivity index is 1.27. The third-order valence-electron chi connectivity index (χ3n) is 7.14. The molecule has 0 bridgehead atoms. The Labute approximate surface area is 201 Å². The number of nitrogens with two attached hydrogens (primary N) is 1. The average molecular weight is 508 g/mol. The Hall–Kier alpha value is -2.57. The predicted octanol–water partition coefficient (Wildman–Crippen LogP) is 0.0734. The molecule has 3 aliphatic rings. The summed E-state index contributed by atoms with van der Waals surface area (Å²) in [6, 6.07) is 3.86. The molecule has 1 saturated carbocycles. The SMILES string of the molecule is NC(C(=O)N1[C@@H](C(=O)NCc2cc(Cl)ccc2-n2cnnn2)C[C@H]2C[C@H]21)C1CCS(=O)(=O)CC1. The number of nitrogens with zero attached hydrogens (tertiary/aromatic N) is 5. The molecule has 0 radical (unpaired) electrons. The second-order valence-electron chi connectivity index (χ2n) is 9.32. The summed E-state index contributed by atoms with van der Waals surface area (Å²) >= 11 is 6.16. The third kappa shape index (κ3) is 4.53. The fourth-order valence-electron chi connectivity index (χ4n) is 5.14. The van der Waals surface area contributed by atoms with E-state index in [4.69, 9.17) is 17.3 Å². The van der Waals surface area contributed by atoms with Gasteiger partial charge in [0.05, 0.1) is 23.2 Å². The topological polar surface area (TPSA) is 153 Å². The number of hydrogen-bond donors (Lipinski definition) is 2. The summed E-state index contributed by atoms with van der Waals surface area (Å²) in [5.74, 6) is -0.284. The van der Waals surface area contributed by atoms with E-state index < -0.39 is 21.9 Å². The molecule has 11 nitrogen and oxygen atoms in total. The molecule has 2 aromatic rings. The van der Waals surface area contributed by atoms with Gasteiger partial charge in [-0.1, -0.05) is 11.6 Å². The summed E-state index contributed by atoms with van der Waals surface area (Å²) in [5.41, 5.74) is 7.72. The Morgan fingerprint density at radius 3 is 2.71 bits per heavy atom. The Kier molecular flexibility index (Phi) is 6.07. The smallest absolute Gasteiger partial charge is 0.243 e. The number of piperidine rings is 1. The number of halogens is 1. The van der Waals surface area contributed by atoms with Crippen LogP contribution < -0.4 is 11.1 Å². The van der Waals surface area contributed by atoms with Gasteiger partial charge in [-0.3, -0.25) is 9.59 Å². The Morgan fingerprint density at radius 1 is 1.24 bits per heavy atom. The monoisotopic (exact) mass is 507 g/mol. The van der Waals surface area contributed by atoms with E-state index in [1.807, 2.05) is 0 Å². The number of amides is 2. The van der Waals surface area contributed by atoms with Gasteiger partial charge in [0.25, 0.3) is 0 Å². The van der Waals surface area contributed by atoms with Crippen LogP contribution >= 0.6 is 11.6 Å². The molecule has 1 unspecified atom stereocenters. The zero-order chi connectivity index (χ0) is 24.0. The van der Waals surface area contributed by atoms with Gasteiger partial charge in [-0.05, 0) is 71.7 Å². The summed E-state index contributed by atoms with van der Waals surface area (Å²) in [6.07, 6.45) is 3.69. The van der Waals surface area contributed by atoms with Gasteiger partial charge in [0.2, 0.25) is 11.8 Å². The highest BCUT2D eigenvalue weighted by Crippen LogP contribution is 2.48. The van der Waals surface area contributed by atoms with Crippen molar-refractivity contribution in [2.75, 3.05) is 11.5 Å². The lowest BCUT2D eigenvalue weighted by Crippen LogP contribution is -2.55. The molecule has 3 fully saturated rings. The van der Waals surface area contributed by atoms with Crippen molar-refractivity contribution in [1.82, 2.24) is 30.4 Å². The molecule has 2 saturated heterocycles. The highest BCUT2D eigenvalue weighted by Gasteiger charge is 2.57. The first-order valence-corrected chi connectivity index (χ1v) is 13.5. The maximum absolute atomic E-state index is 13.3. The number of aromatic nitrogens is 4. The van der Waals surface area contributed by atoms with Crippen LogP contribution in [0, 0.1) is 11.8 Å². The number of sulfone groups is 1. The van der Waals surface area contributed by atoms with E-state index in [0.717, 1.165) is 12.0 Å². The normalized spacial score (nSPS) is 26.6. The summed E-state index contributed by atoms with van der Waals surface area (Å²) in [5, 5.41) is 14.6. The number of carbonyl (C=O) groups is 2. The van der Waals surface area contributed by atoms with Crippen molar-refractivity contribution < 1.29 is 18.0 Å². The van der Waals surface area contributed by atoms with Gasteiger partial charge >= 0.3 is 0 Å². The molecule has 2 amide bonds. The maximum Gasteiger partial charge on any atom is 0.243 e. The minimum Gasteiger partial charge on any atom is -0.350 e. The maximum atomic E-state index is 13.3. The molecule has 1 aromatic heterocycles. The van der Waals surface area contributed by atoms with Crippen molar-refractivity contribution in [1.29, 1.82) is 0 Å². The number of rotatable bonds is 6. The van der Waals surface area contributed by atoms with Crippen LogP contribution in [0.25, 0.3) is 5.69 Å². The highest BCUT2D eigenvalue weighted by atomic mass is 35.5. The van der Waals surface area contributed by atoms with Crippen LogP contribution in [0.4, 0.5) is 0 Å². The lowest BCUT2D eigenvalue weighted by Gasteiger charge is -2.33. The van der Waals surface area contributed by atoms with Crippen LogP contribution in [0.1, 0.15) is 31.2 Å². The van der Waals surface area contributed by atoms with Crippen molar-refractivity contribution in [2.24, 2.45) is 17.6 Å². The first kappa shape index (κ1) is 23.2. The standard InChI is InChI=1S/C21H26ClN7O4S/c22-15-1-2-16(28-11-25-26-27-28)14(7-15)10-24-20(30)18-9-13-8-17(13)29(18)21(31)19(23)12-3-5-34(32,33)6-4-12/h1-2,7,11-13,17-19H,3-6,8-10,23H2,(H,24,30)/t13-,17-,18-,19?/m1/s1. The molecule has 2 aliphatic heterocycles. The summed E-state index contributed by atoms with van der Waals surface area (Å²) in [6.45, 7) is 0.189. The lowest BCUT2D eigenvalue weighted by atomic mass is 9.93. The highest BCUT2D eigenvalue weighted by molar-refractivity contribution is 7.91. The molecule has 34 heavy (non-hydrogen) atoms. The minimum absolute atomic E-state index is 0.0320. The minimum atomic E-state index is -3.05. The van der Waals surface area contributed by atoms with E-state index in [2.05, 4.69) is 20.8 Å². The van der Waals surface area contributed by atoms with Crippen LogP contribution in [0.15, 0.2) is 24.5 Å². The fourth-order valence-corrected chi connectivity index (χ4v) is 6.86. The summed E-state index contributed by atoms with van der Waals surface area (Å²) in [4.78, 5) is 28.1. The van der Waals surface area contributed by atoms with Crippen LogP contribution in [-0.4, -0.2) is 75.0 Å². The van der Waals surface area contributed by atoms with Gasteiger partial charge in [0.1, 0.15) is 22.2 Å². The van der Waals surface area contributed by atoms with Gasteiger partial charge in [-0.15, -0.1) is 5.10 Å². The molecular formula is C21H26ClN7O4S. The first-order valence-electron chi connectivity index (χ1n) is 11.3. The molecule has 1 aliphatic carbocycles. The molecule has 5 rings (SSSR count). The van der Waals surface area contributed by atoms with Gasteiger partial charge in [-0.25, -0.2) is 13.1 Å². The zero-order valence-corrected chi connectivity index (χ0v) is 20.0. The molecule has 182 valence electrons. The second kappa shape index (κ2) is 8.90. The molecule has 13 heteroatoms. The van der Waals surface area contributed by atoms with Crippen molar-refractivity contribution >= 4 is 33.3 Å². The van der Waals surface area contributed by atoms with Crippen molar-refractivity contribution in [3.05, 3.63) is 35.1 Å². The second-order valence-corrected chi connectivity index (χ2v) is 12.1. The number of hydrogen-bond acceptors (Lipinski definition) is 8. The van der Waals surface area contributed by atoms with E-state index >= 15 is 0 Å². The summed E-state index contributed by atoms with van der Waals surface area (Å²) < 4.78 is 25.0. The van der Waals surface area contributed by atoms with Crippen LogP contribution in [0.3, 0.4) is 0 Å². The van der Waals surface area contributed by atoms with Crippen LogP contribution in [0.2, 0.25) is 5.02 Å². The summed E-state index contributed by atoms with van der Waals surface area (Å²) in [7, 11) is -3.05. The van der Waals surface area contributed by atoms with Gasteiger partial charge in [0.15, 0.2) is 0 Å². The zero-order valence-electron chi connectivity index (χ0n) is 18.4. The quantitative estimate of drug-likeness (QED) is 0.557. The molecular weight excluding hydrogens is 482 g/mol. The average Bonchev–Trinajstić information content (AvgIpc) is 3.20. The van der Waals surface area contributed by atoms with Crippen LogP contribution in [0.5, 0.6) is 0 Å². The fraction of sp³-hybridized carbons (Fsp3) is 0.571. The van der Waals surface area contributed by atoms with E-state index in [0.29, 0.717) is 35.9 Å². The predicted molar refractivity (Wildman–Crippen MR) is 123 cm³/mol. The number of fused-ring (bicyclic) bond motifs is 1. The number of tetrazole rings is 1. The van der Waals surface area contributed by atoms with Crippen molar-refractivity contribution in [3.8, 4) is 5.69 Å². The van der Waals surface area contributed by atoms with Gasteiger partial charge in [-0.2, -0.15) is 0 Å². The number of benzene rings is 1. The molecule has 0 spiro atoms. The molecule has 1 aromatic carbocycles. The van der Waals surface area contributed by atoms with E-state index in [1.165, 1.54) is 11.0 Å². The number of likely N-dealkylation sites (tertiary alicyclic amines) is 1. The Morgan fingerprint density at radius 2 is 2.00 bits per heavy atom.